The average molecular weight is 307 g/mol. The van der Waals surface area contributed by atoms with E-state index in [1.54, 1.807) is 0 Å². The van der Waals surface area contributed by atoms with E-state index >= 15 is 0 Å². The van der Waals surface area contributed by atoms with Gasteiger partial charge in [-0.15, -0.1) is 0 Å². The Morgan fingerprint density at radius 1 is 1.04 bits per heavy atom. The topological polar surface area (TPSA) is 36.4 Å². The second-order valence-corrected chi connectivity index (χ2v) is 6.29. The molecule has 0 radical (unpaired) electrons. The van der Waals surface area contributed by atoms with Gasteiger partial charge in [0.15, 0.2) is 5.96 Å². The molecule has 120 valence electrons. The summed E-state index contributed by atoms with van der Waals surface area (Å²) in [5, 5.41) is 6.98. The van der Waals surface area contributed by atoms with Gasteiger partial charge >= 0.3 is 0 Å². The van der Waals surface area contributed by atoms with E-state index < -0.39 is 0 Å². The largest absolute Gasteiger partial charge is 0.355 e. The lowest BCUT2D eigenvalue weighted by Crippen LogP contribution is -2.41. The first-order valence-electron chi connectivity index (χ1n) is 8.35. The normalized spacial score (nSPS) is 20.4. The first-order valence-corrected chi connectivity index (χ1v) is 8.35. The summed E-state index contributed by atoms with van der Waals surface area (Å²) in [6, 6.07) is 21.9. The smallest absolute Gasteiger partial charge is 0.191 e. The quantitative estimate of drug-likeness (QED) is 0.656. The Hall–Kier alpha value is -2.29. The van der Waals surface area contributed by atoms with E-state index in [1.165, 1.54) is 17.5 Å². The zero-order valence-corrected chi connectivity index (χ0v) is 13.9. The van der Waals surface area contributed by atoms with Crippen LogP contribution in [0.2, 0.25) is 0 Å². The van der Waals surface area contributed by atoms with Crippen LogP contribution in [0, 0.1) is 5.92 Å². The summed E-state index contributed by atoms with van der Waals surface area (Å²) < 4.78 is 0. The number of guanidine groups is 1. The van der Waals surface area contributed by atoms with Gasteiger partial charge in [0, 0.05) is 25.6 Å². The Kier molecular flexibility index (Phi) is 4.96. The number of hydrogen-bond acceptors (Lipinski definition) is 1. The van der Waals surface area contributed by atoms with Crippen LogP contribution in [0.15, 0.2) is 65.7 Å². The van der Waals surface area contributed by atoms with Gasteiger partial charge in [0.2, 0.25) is 0 Å². The fourth-order valence-corrected chi connectivity index (χ4v) is 2.89. The van der Waals surface area contributed by atoms with Crippen LogP contribution in [0.3, 0.4) is 0 Å². The summed E-state index contributed by atoms with van der Waals surface area (Å²) in [5.74, 6) is 1.97. The van der Waals surface area contributed by atoms with Gasteiger partial charge in [-0.3, -0.25) is 4.99 Å². The van der Waals surface area contributed by atoms with Crippen molar-refractivity contribution in [2.75, 3.05) is 13.6 Å². The standard InChI is InChI=1S/C20H25N3/c1-15-13-19(15)23-20(21-2)22-14-18(16-9-5-3-6-10-16)17-11-7-4-8-12-17/h3-12,15,18-19H,13-14H2,1-2H3,(H2,21,22,23). The minimum atomic E-state index is 0.313. The highest BCUT2D eigenvalue weighted by Crippen LogP contribution is 2.29. The maximum atomic E-state index is 4.36. The molecule has 2 atom stereocenters. The summed E-state index contributed by atoms with van der Waals surface area (Å²) in [7, 11) is 1.84. The zero-order valence-electron chi connectivity index (χ0n) is 13.9. The number of aliphatic imine (C=N–C) groups is 1. The molecule has 2 unspecified atom stereocenters. The van der Waals surface area contributed by atoms with Crippen molar-refractivity contribution >= 4 is 5.96 Å². The van der Waals surface area contributed by atoms with Crippen LogP contribution in [0.5, 0.6) is 0 Å². The molecular formula is C20H25N3. The number of benzene rings is 2. The molecule has 3 nitrogen and oxygen atoms in total. The molecule has 23 heavy (non-hydrogen) atoms. The minimum Gasteiger partial charge on any atom is -0.355 e. The monoisotopic (exact) mass is 307 g/mol. The van der Waals surface area contributed by atoms with Crippen LogP contribution < -0.4 is 10.6 Å². The zero-order chi connectivity index (χ0) is 16.1. The molecule has 0 amide bonds. The average Bonchev–Trinajstić information content (AvgIpc) is 3.30. The van der Waals surface area contributed by atoms with Crippen LogP contribution in [0.25, 0.3) is 0 Å². The van der Waals surface area contributed by atoms with Crippen molar-refractivity contribution < 1.29 is 0 Å². The number of hydrogen-bond donors (Lipinski definition) is 2. The van der Waals surface area contributed by atoms with E-state index in [0.717, 1.165) is 18.4 Å². The maximum Gasteiger partial charge on any atom is 0.191 e. The first kappa shape index (κ1) is 15.6. The molecule has 0 spiro atoms. The lowest BCUT2D eigenvalue weighted by molar-refractivity contribution is 0.715. The molecule has 1 fully saturated rings. The Balaban J connectivity index is 1.71. The molecule has 0 aromatic heterocycles. The lowest BCUT2D eigenvalue weighted by atomic mass is 9.91. The van der Waals surface area contributed by atoms with Crippen molar-refractivity contribution in [3.63, 3.8) is 0 Å². The number of nitrogens with one attached hydrogen (secondary N) is 2. The van der Waals surface area contributed by atoms with Crippen molar-refractivity contribution in [1.29, 1.82) is 0 Å². The second kappa shape index (κ2) is 7.32. The van der Waals surface area contributed by atoms with E-state index in [4.69, 9.17) is 0 Å². The van der Waals surface area contributed by atoms with Crippen molar-refractivity contribution in [3.8, 4) is 0 Å². The molecule has 3 heteroatoms. The highest BCUT2D eigenvalue weighted by atomic mass is 15.2. The summed E-state index contributed by atoms with van der Waals surface area (Å²) in [6.45, 7) is 3.09. The van der Waals surface area contributed by atoms with Crippen molar-refractivity contribution in [2.45, 2.75) is 25.3 Å². The Labute approximate surface area is 138 Å². The van der Waals surface area contributed by atoms with E-state index in [-0.39, 0.29) is 0 Å². The highest BCUT2D eigenvalue weighted by molar-refractivity contribution is 5.80. The Bertz CT molecular complexity index is 597. The number of nitrogens with zero attached hydrogens (tertiary/aromatic N) is 1. The van der Waals surface area contributed by atoms with Gasteiger partial charge in [0.1, 0.15) is 0 Å². The summed E-state index contributed by atoms with van der Waals surface area (Å²) in [6.07, 6.45) is 1.24. The molecule has 2 aromatic carbocycles. The van der Waals surface area contributed by atoms with Crippen molar-refractivity contribution in [1.82, 2.24) is 10.6 Å². The third kappa shape index (κ3) is 4.13. The molecule has 1 saturated carbocycles. The SMILES string of the molecule is CN=C(NCC(c1ccccc1)c1ccccc1)NC1CC1C. The molecule has 1 aliphatic rings. The van der Waals surface area contributed by atoms with Gasteiger partial charge in [-0.2, -0.15) is 0 Å². The maximum absolute atomic E-state index is 4.36. The second-order valence-electron chi connectivity index (χ2n) is 6.29. The lowest BCUT2D eigenvalue weighted by Gasteiger charge is -2.20. The fourth-order valence-electron chi connectivity index (χ4n) is 2.89. The molecule has 0 heterocycles. The predicted molar refractivity (Wildman–Crippen MR) is 96.8 cm³/mol. The molecule has 0 bridgehead atoms. The van der Waals surface area contributed by atoms with Crippen LogP contribution in [0.1, 0.15) is 30.4 Å². The Morgan fingerprint density at radius 3 is 2.00 bits per heavy atom. The molecule has 0 aliphatic heterocycles. The molecule has 2 N–H and O–H groups in total. The van der Waals surface area contributed by atoms with Gasteiger partial charge in [0.05, 0.1) is 0 Å². The van der Waals surface area contributed by atoms with Gasteiger partial charge in [-0.1, -0.05) is 67.6 Å². The van der Waals surface area contributed by atoms with Gasteiger partial charge in [0.25, 0.3) is 0 Å². The van der Waals surface area contributed by atoms with Crippen molar-refractivity contribution in [3.05, 3.63) is 71.8 Å². The highest BCUT2D eigenvalue weighted by Gasteiger charge is 2.33. The van der Waals surface area contributed by atoms with E-state index in [0.29, 0.717) is 12.0 Å². The molecule has 2 aromatic rings. The molecule has 1 aliphatic carbocycles. The predicted octanol–water partition coefficient (Wildman–Crippen LogP) is 3.39. The van der Waals surface area contributed by atoms with Crippen LogP contribution in [0.4, 0.5) is 0 Å². The van der Waals surface area contributed by atoms with Crippen LogP contribution in [-0.2, 0) is 0 Å². The van der Waals surface area contributed by atoms with E-state index in [2.05, 4.69) is 83.2 Å². The third-order valence-corrected chi connectivity index (χ3v) is 4.53. The molecule has 0 saturated heterocycles. The Morgan fingerprint density at radius 2 is 1.57 bits per heavy atom. The van der Waals surface area contributed by atoms with Crippen molar-refractivity contribution in [2.24, 2.45) is 10.9 Å². The van der Waals surface area contributed by atoms with Gasteiger partial charge < -0.3 is 10.6 Å². The van der Waals surface area contributed by atoms with Gasteiger partial charge in [-0.25, -0.2) is 0 Å². The number of rotatable bonds is 5. The molecule has 3 rings (SSSR count). The summed E-state index contributed by atoms with van der Waals surface area (Å²) in [5.41, 5.74) is 2.64. The van der Waals surface area contributed by atoms with Crippen LogP contribution >= 0.6 is 0 Å². The minimum absolute atomic E-state index is 0.313. The summed E-state index contributed by atoms with van der Waals surface area (Å²) >= 11 is 0. The van der Waals surface area contributed by atoms with Crippen LogP contribution in [-0.4, -0.2) is 25.6 Å². The first-order chi connectivity index (χ1) is 11.3. The van der Waals surface area contributed by atoms with Gasteiger partial charge in [-0.05, 0) is 23.5 Å². The van der Waals surface area contributed by atoms with E-state index in [9.17, 15) is 0 Å². The van der Waals surface area contributed by atoms with E-state index in [1.807, 2.05) is 7.05 Å². The fraction of sp³-hybridized carbons (Fsp3) is 0.350. The third-order valence-electron chi connectivity index (χ3n) is 4.53. The molecular weight excluding hydrogens is 282 g/mol. The summed E-state index contributed by atoms with van der Waals surface area (Å²) in [4.78, 5) is 4.36.